The number of Topliss-reactive ketones (excluding diaryl/α,β-unsaturated/α-hetero) is 1. The second-order valence-electron chi connectivity index (χ2n) is 3.33. The molecule has 4 heteroatoms. The zero-order valence-corrected chi connectivity index (χ0v) is 8.73. The molecule has 16 heavy (non-hydrogen) atoms. The van der Waals surface area contributed by atoms with Gasteiger partial charge in [-0.3, -0.25) is 4.79 Å². The van der Waals surface area contributed by atoms with Gasteiger partial charge in [0.15, 0.2) is 6.61 Å². The predicted octanol–water partition coefficient (Wildman–Crippen LogP) is 1.20. The average molecular weight is 218 g/mol. The standard InChI is InChI=1S/C12H10O4/c1-15-9-4-2-3-8(5-9)6-10-11(13)7-16-12(10)14/h2-6H,7H2,1H3. The van der Waals surface area contributed by atoms with Crippen LogP contribution < -0.4 is 4.74 Å². The fraction of sp³-hybridized carbons (Fsp3) is 0.167. The molecule has 0 unspecified atom stereocenters. The summed E-state index contributed by atoms with van der Waals surface area (Å²) in [5, 5.41) is 0. The third-order valence-electron chi connectivity index (χ3n) is 2.26. The molecule has 1 heterocycles. The highest BCUT2D eigenvalue weighted by Crippen LogP contribution is 2.18. The van der Waals surface area contributed by atoms with Crippen LogP contribution in [0.4, 0.5) is 0 Å². The Balaban J connectivity index is 2.34. The van der Waals surface area contributed by atoms with Gasteiger partial charge in [0.05, 0.1) is 7.11 Å². The molecule has 0 saturated carbocycles. The summed E-state index contributed by atoms with van der Waals surface area (Å²) in [6.07, 6.45) is 1.51. The maximum atomic E-state index is 11.3. The topological polar surface area (TPSA) is 52.6 Å². The van der Waals surface area contributed by atoms with Crippen LogP contribution in [0.15, 0.2) is 29.8 Å². The van der Waals surface area contributed by atoms with E-state index in [0.717, 1.165) is 5.56 Å². The Labute approximate surface area is 92.5 Å². The SMILES string of the molecule is COc1cccc(C=C2C(=O)COC2=O)c1. The Morgan fingerprint density at radius 3 is 2.81 bits per heavy atom. The number of carbonyl (C=O) groups is 2. The zero-order chi connectivity index (χ0) is 11.5. The summed E-state index contributed by atoms with van der Waals surface area (Å²) < 4.78 is 9.66. The van der Waals surface area contributed by atoms with Crippen LogP contribution in [-0.4, -0.2) is 25.5 Å². The first kappa shape index (κ1) is 10.4. The Hall–Kier alpha value is -2.10. The number of carbonyl (C=O) groups excluding carboxylic acids is 2. The molecule has 4 nitrogen and oxygen atoms in total. The van der Waals surface area contributed by atoms with Crippen LogP contribution in [0.3, 0.4) is 0 Å². The highest BCUT2D eigenvalue weighted by Gasteiger charge is 2.27. The van der Waals surface area contributed by atoms with E-state index in [1.807, 2.05) is 0 Å². The molecular weight excluding hydrogens is 208 g/mol. The molecule has 0 N–H and O–H groups in total. The van der Waals surface area contributed by atoms with E-state index in [9.17, 15) is 9.59 Å². The number of ketones is 1. The summed E-state index contributed by atoms with van der Waals surface area (Å²) in [5.41, 5.74) is 0.829. The van der Waals surface area contributed by atoms with Gasteiger partial charge in [-0.05, 0) is 23.8 Å². The van der Waals surface area contributed by atoms with Crippen LogP contribution in [0.1, 0.15) is 5.56 Å². The lowest BCUT2D eigenvalue weighted by atomic mass is 10.1. The van der Waals surface area contributed by atoms with Crippen LogP contribution in [0.5, 0.6) is 5.75 Å². The van der Waals surface area contributed by atoms with Gasteiger partial charge in [0, 0.05) is 0 Å². The molecule has 82 valence electrons. The Bertz CT molecular complexity index is 456. The molecule has 0 spiro atoms. The van der Waals surface area contributed by atoms with Gasteiger partial charge in [0.1, 0.15) is 11.3 Å². The molecular formula is C12H10O4. The summed E-state index contributed by atoms with van der Waals surface area (Å²) in [6, 6.07) is 7.10. The molecule has 2 rings (SSSR count). The van der Waals surface area contributed by atoms with Crippen molar-refractivity contribution < 1.29 is 19.1 Å². The van der Waals surface area contributed by atoms with E-state index in [0.29, 0.717) is 5.75 Å². The van der Waals surface area contributed by atoms with Gasteiger partial charge >= 0.3 is 5.97 Å². The Morgan fingerprint density at radius 2 is 2.19 bits per heavy atom. The third-order valence-corrected chi connectivity index (χ3v) is 2.26. The Kier molecular flexibility index (Phi) is 2.72. The fourth-order valence-electron chi connectivity index (χ4n) is 1.44. The van der Waals surface area contributed by atoms with Crippen molar-refractivity contribution in [1.29, 1.82) is 0 Å². The fourth-order valence-corrected chi connectivity index (χ4v) is 1.44. The number of rotatable bonds is 2. The Morgan fingerprint density at radius 1 is 1.38 bits per heavy atom. The molecule has 0 aliphatic carbocycles. The summed E-state index contributed by atoms with van der Waals surface area (Å²) in [4.78, 5) is 22.5. The summed E-state index contributed by atoms with van der Waals surface area (Å²) in [5.74, 6) is -0.172. The van der Waals surface area contributed by atoms with Crippen molar-refractivity contribution in [3.8, 4) is 5.75 Å². The first-order valence-corrected chi connectivity index (χ1v) is 4.77. The van der Waals surface area contributed by atoms with Gasteiger partial charge in [-0.25, -0.2) is 4.79 Å². The highest BCUT2D eigenvalue weighted by molar-refractivity contribution is 6.24. The molecule has 0 aromatic heterocycles. The minimum atomic E-state index is -0.562. The van der Waals surface area contributed by atoms with Gasteiger partial charge in [0.25, 0.3) is 0 Å². The molecule has 1 aliphatic heterocycles. The minimum absolute atomic E-state index is 0.0910. The predicted molar refractivity (Wildman–Crippen MR) is 56.9 cm³/mol. The second-order valence-corrected chi connectivity index (χ2v) is 3.33. The number of methoxy groups -OCH3 is 1. The average Bonchev–Trinajstić information content (AvgIpc) is 2.61. The monoisotopic (exact) mass is 218 g/mol. The maximum Gasteiger partial charge on any atom is 0.342 e. The largest absolute Gasteiger partial charge is 0.497 e. The lowest BCUT2D eigenvalue weighted by molar-refractivity contribution is -0.135. The van der Waals surface area contributed by atoms with Crippen molar-refractivity contribution in [2.75, 3.05) is 13.7 Å². The van der Waals surface area contributed by atoms with Crippen LogP contribution in [0.25, 0.3) is 6.08 Å². The van der Waals surface area contributed by atoms with Crippen LogP contribution in [-0.2, 0) is 14.3 Å². The number of hydrogen-bond acceptors (Lipinski definition) is 4. The molecule has 1 aliphatic rings. The molecule has 0 radical (unpaired) electrons. The van der Waals surface area contributed by atoms with Gasteiger partial charge in [-0.1, -0.05) is 12.1 Å². The van der Waals surface area contributed by atoms with Crippen molar-refractivity contribution in [2.45, 2.75) is 0 Å². The smallest absolute Gasteiger partial charge is 0.342 e. The van der Waals surface area contributed by atoms with E-state index in [1.54, 1.807) is 31.4 Å². The van der Waals surface area contributed by atoms with E-state index in [1.165, 1.54) is 6.08 Å². The maximum absolute atomic E-state index is 11.3. The quantitative estimate of drug-likeness (QED) is 0.425. The number of ether oxygens (including phenoxy) is 2. The molecule has 0 amide bonds. The van der Waals surface area contributed by atoms with E-state index in [4.69, 9.17) is 4.74 Å². The number of cyclic esters (lactones) is 1. The zero-order valence-electron chi connectivity index (χ0n) is 8.73. The van der Waals surface area contributed by atoms with Crippen LogP contribution in [0.2, 0.25) is 0 Å². The summed E-state index contributed by atoms with van der Waals surface area (Å²) in [6.45, 7) is -0.158. The first-order valence-electron chi connectivity index (χ1n) is 4.77. The third kappa shape index (κ3) is 1.95. The summed E-state index contributed by atoms with van der Waals surface area (Å²) in [7, 11) is 1.56. The van der Waals surface area contributed by atoms with Crippen LogP contribution in [0, 0.1) is 0 Å². The van der Waals surface area contributed by atoms with Gasteiger partial charge in [-0.2, -0.15) is 0 Å². The molecule has 1 fully saturated rings. The number of esters is 1. The van der Waals surface area contributed by atoms with Crippen molar-refractivity contribution in [2.24, 2.45) is 0 Å². The van der Waals surface area contributed by atoms with Crippen LogP contribution >= 0.6 is 0 Å². The highest BCUT2D eigenvalue weighted by atomic mass is 16.5. The van der Waals surface area contributed by atoms with Crippen molar-refractivity contribution in [3.05, 3.63) is 35.4 Å². The van der Waals surface area contributed by atoms with Gasteiger partial charge in [-0.15, -0.1) is 0 Å². The lowest BCUT2D eigenvalue weighted by Gasteiger charge is -2.00. The first-order chi connectivity index (χ1) is 7.70. The number of hydrogen-bond donors (Lipinski definition) is 0. The molecule has 1 aromatic rings. The molecule has 0 bridgehead atoms. The number of benzene rings is 1. The molecule has 0 atom stereocenters. The normalized spacial score (nSPS) is 17.7. The molecule has 1 aromatic carbocycles. The van der Waals surface area contributed by atoms with Gasteiger partial charge < -0.3 is 9.47 Å². The van der Waals surface area contributed by atoms with E-state index in [-0.39, 0.29) is 18.0 Å². The van der Waals surface area contributed by atoms with E-state index in [2.05, 4.69) is 4.74 Å². The van der Waals surface area contributed by atoms with Crippen molar-refractivity contribution in [1.82, 2.24) is 0 Å². The second kappa shape index (κ2) is 4.18. The minimum Gasteiger partial charge on any atom is -0.497 e. The molecule has 1 saturated heterocycles. The van der Waals surface area contributed by atoms with E-state index >= 15 is 0 Å². The lowest BCUT2D eigenvalue weighted by Crippen LogP contribution is -2.00. The summed E-state index contributed by atoms with van der Waals surface area (Å²) >= 11 is 0. The van der Waals surface area contributed by atoms with E-state index < -0.39 is 5.97 Å². The van der Waals surface area contributed by atoms with Crippen molar-refractivity contribution in [3.63, 3.8) is 0 Å². The van der Waals surface area contributed by atoms with Crippen molar-refractivity contribution >= 4 is 17.8 Å². The van der Waals surface area contributed by atoms with Gasteiger partial charge in [0.2, 0.25) is 5.78 Å².